The van der Waals surface area contributed by atoms with Gasteiger partial charge in [-0.15, -0.1) is 0 Å². The summed E-state index contributed by atoms with van der Waals surface area (Å²) in [5, 5.41) is 9.59. The number of fused-ring (bicyclic) bond motifs is 1. The molecule has 22 heavy (non-hydrogen) atoms. The Morgan fingerprint density at radius 1 is 1.27 bits per heavy atom. The van der Waals surface area contributed by atoms with Crippen LogP contribution in [0.5, 0.6) is 0 Å². The summed E-state index contributed by atoms with van der Waals surface area (Å²) >= 11 is 0. The highest BCUT2D eigenvalue weighted by Crippen LogP contribution is 2.29. The average Bonchev–Trinajstić information content (AvgIpc) is 2.53. The number of hydrogen-bond acceptors (Lipinski definition) is 4. The lowest BCUT2D eigenvalue weighted by Crippen LogP contribution is -2.47. The Morgan fingerprint density at radius 3 is 2.68 bits per heavy atom. The number of likely N-dealkylation sites (tertiary alicyclic amines) is 1. The van der Waals surface area contributed by atoms with E-state index in [1.807, 2.05) is 12.1 Å². The number of hydrogen-bond donors (Lipinski definition) is 1. The normalized spacial score (nSPS) is 22.4. The first-order valence-corrected chi connectivity index (χ1v) is 7.72. The number of nitrogens with zero attached hydrogens (tertiary/aromatic N) is 3. The molecule has 6 heteroatoms. The van der Waals surface area contributed by atoms with Gasteiger partial charge in [0.15, 0.2) is 0 Å². The van der Waals surface area contributed by atoms with Gasteiger partial charge in [-0.2, -0.15) is 0 Å². The van der Waals surface area contributed by atoms with Crippen molar-refractivity contribution in [2.75, 3.05) is 19.6 Å². The highest BCUT2D eigenvalue weighted by atomic mass is 16.3. The highest BCUT2D eigenvalue weighted by molar-refractivity contribution is 5.85. The van der Waals surface area contributed by atoms with Crippen LogP contribution in [0.3, 0.4) is 0 Å². The Labute approximate surface area is 129 Å². The van der Waals surface area contributed by atoms with E-state index in [1.165, 1.54) is 6.92 Å². The molecule has 0 bridgehead atoms. The topological polar surface area (TPSA) is 73.7 Å². The third kappa shape index (κ3) is 2.83. The third-order valence-electron chi connectivity index (χ3n) is 4.54. The summed E-state index contributed by atoms with van der Waals surface area (Å²) < 4.78 is 0. The van der Waals surface area contributed by atoms with Gasteiger partial charge in [0.1, 0.15) is 0 Å². The molecule has 0 aromatic carbocycles. The third-order valence-corrected chi connectivity index (χ3v) is 4.54. The van der Waals surface area contributed by atoms with E-state index in [-0.39, 0.29) is 17.9 Å². The van der Waals surface area contributed by atoms with E-state index < -0.39 is 5.92 Å². The number of amides is 2. The van der Waals surface area contributed by atoms with Crippen molar-refractivity contribution in [2.45, 2.75) is 38.3 Å². The number of carbonyl (C=O) groups excluding carboxylic acids is 2. The van der Waals surface area contributed by atoms with E-state index in [1.54, 1.807) is 16.0 Å². The Balaban J connectivity index is 1.85. The zero-order valence-electron chi connectivity index (χ0n) is 12.7. The van der Waals surface area contributed by atoms with E-state index in [0.29, 0.717) is 39.0 Å². The minimum absolute atomic E-state index is 0.0119. The van der Waals surface area contributed by atoms with E-state index in [4.69, 9.17) is 0 Å². The zero-order chi connectivity index (χ0) is 15.7. The molecular formula is C16H21N3O3. The summed E-state index contributed by atoms with van der Waals surface area (Å²) in [4.78, 5) is 32.5. The van der Waals surface area contributed by atoms with E-state index in [2.05, 4.69) is 4.98 Å². The average molecular weight is 303 g/mol. The molecule has 0 saturated carbocycles. The van der Waals surface area contributed by atoms with Gasteiger partial charge in [0.05, 0.1) is 17.7 Å². The van der Waals surface area contributed by atoms with Crippen LogP contribution in [-0.2, 0) is 16.1 Å². The quantitative estimate of drug-likeness (QED) is 0.820. The molecule has 1 fully saturated rings. The van der Waals surface area contributed by atoms with Crippen molar-refractivity contribution in [1.82, 2.24) is 14.8 Å². The molecule has 118 valence electrons. The summed E-state index contributed by atoms with van der Waals surface area (Å²) in [5.74, 6) is -0.414. The molecular weight excluding hydrogens is 282 g/mol. The van der Waals surface area contributed by atoms with Crippen LogP contribution >= 0.6 is 0 Å². The largest absolute Gasteiger partial charge is 0.393 e. The van der Waals surface area contributed by atoms with Crippen LogP contribution in [0, 0.1) is 0 Å². The number of aromatic nitrogens is 1. The van der Waals surface area contributed by atoms with Crippen LogP contribution in [0.4, 0.5) is 0 Å². The first-order valence-electron chi connectivity index (χ1n) is 7.72. The number of aliphatic hydroxyl groups is 1. The lowest BCUT2D eigenvalue weighted by atomic mass is 9.92. The smallest absolute Gasteiger partial charge is 0.233 e. The fourth-order valence-corrected chi connectivity index (χ4v) is 3.22. The maximum absolute atomic E-state index is 12.9. The van der Waals surface area contributed by atoms with Gasteiger partial charge in [0.2, 0.25) is 11.8 Å². The molecule has 3 rings (SSSR count). The van der Waals surface area contributed by atoms with Gasteiger partial charge in [-0.25, -0.2) is 0 Å². The molecule has 2 amide bonds. The molecule has 2 aliphatic rings. The van der Waals surface area contributed by atoms with Crippen LogP contribution in [0.15, 0.2) is 18.3 Å². The lowest BCUT2D eigenvalue weighted by Gasteiger charge is -2.37. The molecule has 6 nitrogen and oxygen atoms in total. The molecule has 0 aliphatic carbocycles. The SMILES string of the molecule is CC(=O)N1Cc2cccnc2C(C(=O)N2CCC(O)CC2)C1. The zero-order valence-corrected chi connectivity index (χ0v) is 12.7. The number of carbonyl (C=O) groups is 2. The molecule has 1 saturated heterocycles. The van der Waals surface area contributed by atoms with E-state index in [9.17, 15) is 14.7 Å². The highest BCUT2D eigenvalue weighted by Gasteiger charge is 2.36. The van der Waals surface area contributed by atoms with Gasteiger partial charge in [-0.05, 0) is 24.5 Å². The second-order valence-electron chi connectivity index (χ2n) is 6.06. The number of pyridine rings is 1. The molecule has 1 unspecified atom stereocenters. The summed E-state index contributed by atoms with van der Waals surface area (Å²) in [6, 6.07) is 3.76. The summed E-state index contributed by atoms with van der Waals surface area (Å²) in [5.41, 5.74) is 1.73. The Bertz CT molecular complexity index is 582. The lowest BCUT2D eigenvalue weighted by molar-refractivity contribution is -0.137. The molecule has 3 heterocycles. The molecule has 1 aromatic heterocycles. The molecule has 2 aliphatic heterocycles. The van der Waals surface area contributed by atoms with Gasteiger partial charge in [-0.3, -0.25) is 14.6 Å². The predicted octanol–water partition coefficient (Wildman–Crippen LogP) is 0.511. The van der Waals surface area contributed by atoms with Crippen molar-refractivity contribution in [3.8, 4) is 0 Å². The minimum Gasteiger partial charge on any atom is -0.393 e. The Morgan fingerprint density at radius 2 is 2.00 bits per heavy atom. The Hall–Kier alpha value is -1.95. The van der Waals surface area contributed by atoms with Crippen molar-refractivity contribution < 1.29 is 14.7 Å². The molecule has 0 spiro atoms. The number of piperidine rings is 1. The van der Waals surface area contributed by atoms with E-state index >= 15 is 0 Å². The second kappa shape index (κ2) is 6.04. The second-order valence-corrected chi connectivity index (χ2v) is 6.06. The van der Waals surface area contributed by atoms with Gasteiger partial charge < -0.3 is 14.9 Å². The van der Waals surface area contributed by atoms with Crippen LogP contribution in [0.1, 0.15) is 36.9 Å². The monoisotopic (exact) mass is 303 g/mol. The maximum Gasteiger partial charge on any atom is 0.233 e. The van der Waals surface area contributed by atoms with Crippen LogP contribution in [-0.4, -0.2) is 57.4 Å². The molecule has 1 atom stereocenters. The standard InChI is InChI=1S/C16H21N3O3/c1-11(20)19-9-12-3-2-6-17-15(12)14(10-19)16(22)18-7-4-13(21)5-8-18/h2-3,6,13-14,21H,4-5,7-10H2,1H3. The number of rotatable bonds is 1. The summed E-state index contributed by atoms with van der Waals surface area (Å²) in [6.07, 6.45) is 2.62. The van der Waals surface area contributed by atoms with Crippen molar-refractivity contribution in [3.63, 3.8) is 0 Å². The van der Waals surface area contributed by atoms with Gasteiger partial charge in [-0.1, -0.05) is 6.07 Å². The van der Waals surface area contributed by atoms with Crippen molar-refractivity contribution in [3.05, 3.63) is 29.6 Å². The van der Waals surface area contributed by atoms with Gasteiger partial charge >= 0.3 is 0 Å². The van der Waals surface area contributed by atoms with Crippen LogP contribution < -0.4 is 0 Å². The fourth-order valence-electron chi connectivity index (χ4n) is 3.22. The predicted molar refractivity (Wildman–Crippen MR) is 79.9 cm³/mol. The van der Waals surface area contributed by atoms with Crippen LogP contribution in [0.25, 0.3) is 0 Å². The molecule has 0 radical (unpaired) electrons. The summed E-state index contributed by atoms with van der Waals surface area (Å²) in [7, 11) is 0. The van der Waals surface area contributed by atoms with Gasteiger partial charge in [0.25, 0.3) is 0 Å². The first kappa shape index (κ1) is 15.0. The van der Waals surface area contributed by atoms with Gasteiger partial charge in [0, 0.05) is 39.3 Å². The van der Waals surface area contributed by atoms with Crippen molar-refractivity contribution in [2.24, 2.45) is 0 Å². The van der Waals surface area contributed by atoms with E-state index in [0.717, 1.165) is 11.3 Å². The molecule has 1 aromatic rings. The minimum atomic E-state index is -0.399. The molecule has 1 N–H and O–H groups in total. The number of aliphatic hydroxyl groups excluding tert-OH is 1. The van der Waals surface area contributed by atoms with Crippen LogP contribution in [0.2, 0.25) is 0 Å². The maximum atomic E-state index is 12.9. The van der Waals surface area contributed by atoms with Crippen molar-refractivity contribution in [1.29, 1.82) is 0 Å². The van der Waals surface area contributed by atoms with Crippen molar-refractivity contribution >= 4 is 11.8 Å². The summed E-state index contributed by atoms with van der Waals surface area (Å²) in [6.45, 7) is 3.57. The Kier molecular flexibility index (Phi) is 4.11. The fraction of sp³-hybridized carbons (Fsp3) is 0.562. The first-order chi connectivity index (χ1) is 10.6.